The van der Waals surface area contributed by atoms with Crippen molar-refractivity contribution in [3.8, 4) is 0 Å². The number of aromatic nitrogens is 2. The Kier molecular flexibility index (Phi) is 6.36. The van der Waals surface area contributed by atoms with Crippen molar-refractivity contribution in [3.63, 3.8) is 0 Å². The molecule has 24 heavy (non-hydrogen) atoms. The average molecular weight is 405 g/mol. The maximum absolute atomic E-state index is 12.3. The van der Waals surface area contributed by atoms with Gasteiger partial charge in [0, 0.05) is 5.54 Å². The fourth-order valence-electron chi connectivity index (χ4n) is 1.67. The zero-order valence-corrected chi connectivity index (χ0v) is 16.8. The molecular formula is C15H18Cl2N4OS2. The second kappa shape index (κ2) is 7.91. The predicted octanol–water partition coefficient (Wildman–Crippen LogP) is 5.17. The highest BCUT2D eigenvalue weighted by molar-refractivity contribution is 8.02. The molecule has 0 bridgehead atoms. The molecule has 0 saturated heterocycles. The number of hydrogen-bond donors (Lipinski definition) is 2. The normalized spacial score (nSPS) is 12.8. The first-order valence-corrected chi connectivity index (χ1v) is 9.64. The van der Waals surface area contributed by atoms with Crippen LogP contribution in [0.1, 0.15) is 27.7 Å². The van der Waals surface area contributed by atoms with Crippen LogP contribution < -0.4 is 10.6 Å². The number of rotatable bonds is 5. The fourth-order valence-corrected chi connectivity index (χ4v) is 4.12. The van der Waals surface area contributed by atoms with Crippen LogP contribution in [0.15, 0.2) is 22.5 Å². The summed E-state index contributed by atoms with van der Waals surface area (Å²) in [4.78, 5) is 12.3. The molecule has 1 atom stereocenters. The van der Waals surface area contributed by atoms with Crippen LogP contribution in [0.5, 0.6) is 0 Å². The van der Waals surface area contributed by atoms with Crippen LogP contribution in [0, 0.1) is 0 Å². The van der Waals surface area contributed by atoms with Gasteiger partial charge in [-0.2, -0.15) is 0 Å². The van der Waals surface area contributed by atoms with Crippen LogP contribution in [0.3, 0.4) is 0 Å². The lowest BCUT2D eigenvalue weighted by Gasteiger charge is -2.18. The summed E-state index contributed by atoms with van der Waals surface area (Å²) in [6, 6.07) is 5.11. The third-order valence-electron chi connectivity index (χ3n) is 2.74. The van der Waals surface area contributed by atoms with Crippen molar-refractivity contribution in [3.05, 3.63) is 28.2 Å². The number of carbonyl (C=O) groups is 1. The minimum Gasteiger partial charge on any atom is -0.355 e. The maximum atomic E-state index is 12.3. The summed E-state index contributed by atoms with van der Waals surface area (Å²) in [5.74, 6) is -0.176. The van der Waals surface area contributed by atoms with Crippen molar-refractivity contribution in [2.45, 2.75) is 42.8 Å². The van der Waals surface area contributed by atoms with E-state index in [0.717, 1.165) is 9.47 Å². The number of hydrogen-bond acceptors (Lipinski definition) is 6. The number of nitrogens with one attached hydrogen (secondary N) is 2. The molecule has 0 aliphatic heterocycles. The zero-order valence-electron chi connectivity index (χ0n) is 13.7. The van der Waals surface area contributed by atoms with E-state index in [4.69, 9.17) is 23.2 Å². The van der Waals surface area contributed by atoms with Crippen LogP contribution >= 0.6 is 46.3 Å². The summed E-state index contributed by atoms with van der Waals surface area (Å²) >= 11 is 14.8. The second-order valence-corrected chi connectivity index (χ2v) is 9.45. The number of anilines is 2. The molecule has 0 radical (unpaired) electrons. The summed E-state index contributed by atoms with van der Waals surface area (Å²) in [5, 5.41) is 15.3. The standard InChI is InChI=1S/C15H18Cl2N4OS2/c1-8(12(22)18-10-7-5-6-9(16)11(10)17)23-14-21-20-13(24-14)19-15(2,3)4/h5-8H,1-4H3,(H,18,22)(H,19,20). The van der Waals surface area contributed by atoms with Crippen LogP contribution in [0.4, 0.5) is 10.8 Å². The first kappa shape index (κ1) is 19.3. The molecule has 5 nitrogen and oxygen atoms in total. The zero-order chi connectivity index (χ0) is 17.9. The second-order valence-electron chi connectivity index (χ2n) is 6.10. The fraction of sp³-hybridized carbons (Fsp3) is 0.400. The molecule has 1 aromatic carbocycles. The number of thioether (sulfide) groups is 1. The van der Waals surface area contributed by atoms with Gasteiger partial charge in [-0.25, -0.2) is 0 Å². The highest BCUT2D eigenvalue weighted by atomic mass is 35.5. The smallest absolute Gasteiger partial charge is 0.237 e. The van der Waals surface area contributed by atoms with Gasteiger partial charge in [-0.3, -0.25) is 4.79 Å². The van der Waals surface area contributed by atoms with Gasteiger partial charge in [-0.1, -0.05) is 52.4 Å². The van der Waals surface area contributed by atoms with Crippen molar-refractivity contribution in [1.29, 1.82) is 0 Å². The molecule has 0 saturated carbocycles. The number of amides is 1. The Bertz CT molecular complexity index is 731. The first-order chi connectivity index (χ1) is 11.2. The monoisotopic (exact) mass is 404 g/mol. The van der Waals surface area contributed by atoms with Gasteiger partial charge in [-0.15, -0.1) is 10.2 Å². The minimum atomic E-state index is -0.351. The first-order valence-electron chi connectivity index (χ1n) is 7.19. The van der Waals surface area contributed by atoms with Crippen molar-refractivity contribution in [2.75, 3.05) is 10.6 Å². The van der Waals surface area contributed by atoms with Gasteiger partial charge in [0.05, 0.1) is 21.0 Å². The number of benzene rings is 1. The molecule has 1 aromatic heterocycles. The van der Waals surface area contributed by atoms with Crippen LogP contribution in [-0.2, 0) is 4.79 Å². The quantitative estimate of drug-likeness (QED) is 0.672. The molecule has 2 N–H and O–H groups in total. The Morgan fingerprint density at radius 2 is 2.00 bits per heavy atom. The van der Waals surface area contributed by atoms with Gasteiger partial charge >= 0.3 is 0 Å². The highest BCUT2D eigenvalue weighted by Crippen LogP contribution is 2.32. The molecule has 1 amide bonds. The van der Waals surface area contributed by atoms with Gasteiger partial charge < -0.3 is 10.6 Å². The molecule has 2 rings (SSSR count). The van der Waals surface area contributed by atoms with E-state index in [1.165, 1.54) is 23.1 Å². The highest BCUT2D eigenvalue weighted by Gasteiger charge is 2.20. The van der Waals surface area contributed by atoms with E-state index < -0.39 is 0 Å². The molecule has 0 aliphatic rings. The maximum Gasteiger partial charge on any atom is 0.237 e. The van der Waals surface area contributed by atoms with Gasteiger partial charge in [0.2, 0.25) is 11.0 Å². The van der Waals surface area contributed by atoms with E-state index in [1.807, 2.05) is 20.8 Å². The summed E-state index contributed by atoms with van der Waals surface area (Å²) < 4.78 is 0.724. The number of carbonyl (C=O) groups excluding carboxylic acids is 1. The summed E-state index contributed by atoms with van der Waals surface area (Å²) in [6.07, 6.45) is 0. The van der Waals surface area contributed by atoms with Crippen molar-refractivity contribution >= 4 is 63.0 Å². The number of halogens is 2. The van der Waals surface area contributed by atoms with E-state index >= 15 is 0 Å². The molecule has 0 fully saturated rings. The molecule has 0 aliphatic carbocycles. The predicted molar refractivity (Wildman–Crippen MR) is 104 cm³/mol. The van der Waals surface area contributed by atoms with E-state index in [2.05, 4.69) is 20.8 Å². The average Bonchev–Trinajstić information content (AvgIpc) is 2.88. The Morgan fingerprint density at radius 3 is 2.67 bits per heavy atom. The van der Waals surface area contributed by atoms with E-state index in [9.17, 15) is 4.79 Å². The Balaban J connectivity index is 1.98. The van der Waals surface area contributed by atoms with Crippen LogP contribution in [-0.4, -0.2) is 26.9 Å². The van der Waals surface area contributed by atoms with Crippen molar-refractivity contribution < 1.29 is 4.79 Å². The molecule has 1 unspecified atom stereocenters. The topological polar surface area (TPSA) is 66.9 Å². The summed E-state index contributed by atoms with van der Waals surface area (Å²) in [5.41, 5.74) is 0.405. The lowest BCUT2D eigenvalue weighted by atomic mass is 10.1. The van der Waals surface area contributed by atoms with Crippen molar-refractivity contribution in [1.82, 2.24) is 10.2 Å². The lowest BCUT2D eigenvalue weighted by Crippen LogP contribution is -2.25. The number of nitrogens with zero attached hydrogens (tertiary/aromatic N) is 2. The van der Waals surface area contributed by atoms with E-state index in [1.54, 1.807) is 25.1 Å². The molecule has 2 aromatic rings. The Labute approximate surface area is 159 Å². The molecule has 9 heteroatoms. The van der Waals surface area contributed by atoms with Gasteiger partial charge in [0.15, 0.2) is 4.34 Å². The molecule has 130 valence electrons. The van der Waals surface area contributed by atoms with Crippen LogP contribution in [0.25, 0.3) is 0 Å². The minimum absolute atomic E-state index is 0.0895. The van der Waals surface area contributed by atoms with E-state index in [0.29, 0.717) is 15.7 Å². The Morgan fingerprint density at radius 1 is 1.29 bits per heavy atom. The SMILES string of the molecule is CC(Sc1nnc(NC(C)(C)C)s1)C(=O)Nc1cccc(Cl)c1Cl. The largest absolute Gasteiger partial charge is 0.355 e. The summed E-state index contributed by atoms with van der Waals surface area (Å²) in [7, 11) is 0. The van der Waals surface area contributed by atoms with Gasteiger partial charge in [0.1, 0.15) is 0 Å². The molecular weight excluding hydrogens is 387 g/mol. The van der Waals surface area contributed by atoms with Gasteiger partial charge in [-0.05, 0) is 39.8 Å². The Hall–Kier alpha value is -1.02. The third-order valence-corrected chi connectivity index (χ3v) is 5.59. The van der Waals surface area contributed by atoms with Gasteiger partial charge in [0.25, 0.3) is 0 Å². The summed E-state index contributed by atoms with van der Waals surface area (Å²) in [6.45, 7) is 7.95. The van der Waals surface area contributed by atoms with Crippen LogP contribution in [0.2, 0.25) is 10.0 Å². The molecule has 0 spiro atoms. The van der Waals surface area contributed by atoms with Crippen molar-refractivity contribution in [2.24, 2.45) is 0 Å². The lowest BCUT2D eigenvalue weighted by molar-refractivity contribution is -0.115. The molecule has 1 heterocycles. The van der Waals surface area contributed by atoms with E-state index in [-0.39, 0.29) is 16.7 Å². The third kappa shape index (κ3) is 5.51.